The molecule has 0 aromatic heterocycles. The van der Waals surface area contributed by atoms with Crippen LogP contribution >= 0.6 is 0 Å². The second-order valence-corrected chi connectivity index (χ2v) is 7.50. The number of hydrogen-bond acceptors (Lipinski definition) is 3. The first kappa shape index (κ1) is 16.1. The molecule has 2 amide bonds. The highest BCUT2D eigenvalue weighted by Gasteiger charge is 2.46. The summed E-state index contributed by atoms with van der Waals surface area (Å²) in [6.07, 6.45) is 4.05. The fourth-order valence-corrected chi connectivity index (χ4v) is 3.73. The van der Waals surface area contributed by atoms with Gasteiger partial charge in [0.2, 0.25) is 5.91 Å². The molecular weight excluding hydrogens is 320 g/mol. The fourth-order valence-electron chi connectivity index (χ4n) is 3.73. The molecule has 0 spiro atoms. The number of carboxylic acids is 1. The summed E-state index contributed by atoms with van der Waals surface area (Å²) in [5, 5.41) is 12.3. The maximum atomic E-state index is 12.7. The number of anilines is 1. The molecule has 25 heavy (non-hydrogen) atoms. The van der Waals surface area contributed by atoms with Crippen molar-refractivity contribution in [3.05, 3.63) is 29.8 Å². The lowest BCUT2D eigenvalue weighted by Crippen LogP contribution is -2.29. The molecule has 1 heterocycles. The maximum Gasteiger partial charge on any atom is 0.308 e. The number of nitrogens with zero attached hydrogens (tertiary/aromatic N) is 1. The lowest BCUT2D eigenvalue weighted by molar-refractivity contribution is -0.142. The van der Waals surface area contributed by atoms with E-state index in [2.05, 4.69) is 5.32 Å². The van der Waals surface area contributed by atoms with Gasteiger partial charge in [0.25, 0.3) is 5.91 Å². The molecule has 0 unspecified atom stereocenters. The van der Waals surface area contributed by atoms with Gasteiger partial charge in [-0.2, -0.15) is 0 Å². The summed E-state index contributed by atoms with van der Waals surface area (Å²) in [7, 11) is 0. The summed E-state index contributed by atoms with van der Waals surface area (Å²) in [4.78, 5) is 37.6. The molecule has 4 rings (SSSR count). The minimum Gasteiger partial charge on any atom is -0.481 e. The first-order chi connectivity index (χ1) is 12.0. The Kier molecular flexibility index (Phi) is 3.98. The van der Waals surface area contributed by atoms with Crippen LogP contribution in [-0.2, 0) is 9.59 Å². The molecule has 0 bridgehead atoms. The zero-order chi connectivity index (χ0) is 17.6. The van der Waals surface area contributed by atoms with Crippen molar-refractivity contribution >= 4 is 23.5 Å². The van der Waals surface area contributed by atoms with Crippen molar-refractivity contribution in [2.24, 2.45) is 23.7 Å². The number of benzene rings is 1. The molecule has 1 aromatic carbocycles. The number of hydrogen-bond donors (Lipinski definition) is 2. The molecule has 132 valence electrons. The van der Waals surface area contributed by atoms with E-state index in [9.17, 15) is 19.5 Å². The Morgan fingerprint density at radius 1 is 1.00 bits per heavy atom. The van der Waals surface area contributed by atoms with Gasteiger partial charge in [-0.1, -0.05) is 0 Å². The summed E-state index contributed by atoms with van der Waals surface area (Å²) in [6.45, 7) is 0.816. The van der Waals surface area contributed by atoms with Crippen molar-refractivity contribution in [2.75, 3.05) is 18.4 Å². The average molecular weight is 342 g/mol. The number of nitrogens with one attached hydrogen (secondary N) is 1. The lowest BCUT2D eigenvalue weighted by Gasteiger charge is -2.16. The molecule has 6 nitrogen and oxygen atoms in total. The predicted molar refractivity (Wildman–Crippen MR) is 91.0 cm³/mol. The summed E-state index contributed by atoms with van der Waals surface area (Å²) >= 11 is 0. The second-order valence-electron chi connectivity index (χ2n) is 7.50. The summed E-state index contributed by atoms with van der Waals surface area (Å²) in [5.74, 6) is -0.667. The molecule has 1 aliphatic heterocycles. The molecule has 0 radical (unpaired) electrons. The Hall–Kier alpha value is -2.37. The third kappa shape index (κ3) is 3.38. The lowest BCUT2D eigenvalue weighted by atomic mass is 9.92. The monoisotopic (exact) mass is 342 g/mol. The Bertz CT molecular complexity index is 707. The predicted octanol–water partition coefficient (Wildman–Crippen LogP) is 2.22. The molecule has 3 aliphatic rings. The zero-order valence-corrected chi connectivity index (χ0v) is 14.0. The Morgan fingerprint density at radius 2 is 1.68 bits per heavy atom. The Labute approximate surface area is 146 Å². The van der Waals surface area contributed by atoms with Crippen molar-refractivity contribution in [1.82, 2.24) is 4.90 Å². The van der Waals surface area contributed by atoms with E-state index in [4.69, 9.17) is 0 Å². The van der Waals surface area contributed by atoms with Crippen LogP contribution in [0.15, 0.2) is 24.3 Å². The summed E-state index contributed by atoms with van der Waals surface area (Å²) in [5.41, 5.74) is 1.22. The van der Waals surface area contributed by atoms with Crippen LogP contribution in [0, 0.1) is 23.7 Å². The molecule has 2 atom stereocenters. The largest absolute Gasteiger partial charge is 0.481 e. The number of amides is 2. The molecule has 2 saturated carbocycles. The minimum absolute atomic E-state index is 0.0372. The smallest absolute Gasteiger partial charge is 0.308 e. The highest BCUT2D eigenvalue weighted by atomic mass is 16.4. The molecule has 1 saturated heterocycles. The van der Waals surface area contributed by atoms with Gasteiger partial charge in [0.1, 0.15) is 0 Å². The number of likely N-dealkylation sites (tertiary alicyclic amines) is 1. The van der Waals surface area contributed by atoms with Crippen LogP contribution < -0.4 is 5.32 Å². The van der Waals surface area contributed by atoms with Gasteiger partial charge in [-0.25, -0.2) is 0 Å². The topological polar surface area (TPSA) is 86.7 Å². The zero-order valence-electron chi connectivity index (χ0n) is 14.0. The number of rotatable bonds is 5. The van der Waals surface area contributed by atoms with E-state index in [1.807, 2.05) is 0 Å². The van der Waals surface area contributed by atoms with Crippen LogP contribution in [0.2, 0.25) is 0 Å². The van der Waals surface area contributed by atoms with E-state index in [1.54, 1.807) is 29.2 Å². The number of carbonyl (C=O) groups is 3. The normalized spacial score (nSPS) is 25.7. The third-order valence-corrected chi connectivity index (χ3v) is 5.54. The minimum atomic E-state index is -0.801. The quantitative estimate of drug-likeness (QED) is 0.859. The summed E-state index contributed by atoms with van der Waals surface area (Å²) < 4.78 is 0. The first-order valence-electron chi connectivity index (χ1n) is 8.96. The van der Waals surface area contributed by atoms with Crippen molar-refractivity contribution in [3.63, 3.8) is 0 Å². The van der Waals surface area contributed by atoms with Crippen LogP contribution in [0.25, 0.3) is 0 Å². The second kappa shape index (κ2) is 6.17. The van der Waals surface area contributed by atoms with E-state index >= 15 is 0 Å². The van der Waals surface area contributed by atoms with Crippen LogP contribution in [0.5, 0.6) is 0 Å². The van der Waals surface area contributed by atoms with Gasteiger partial charge in [0.15, 0.2) is 0 Å². The third-order valence-electron chi connectivity index (χ3n) is 5.54. The van der Waals surface area contributed by atoms with Crippen LogP contribution in [-0.4, -0.2) is 40.9 Å². The van der Waals surface area contributed by atoms with Crippen molar-refractivity contribution in [1.29, 1.82) is 0 Å². The van der Waals surface area contributed by atoms with Gasteiger partial charge in [-0.05, 0) is 61.8 Å². The van der Waals surface area contributed by atoms with Crippen molar-refractivity contribution in [2.45, 2.75) is 25.7 Å². The van der Waals surface area contributed by atoms with E-state index in [1.165, 1.54) is 0 Å². The SMILES string of the molecule is O=C(Nc1ccc(C(=O)N2C[C@H](C(=O)O)[C@@H](C3CC3)C2)cc1)C1CC1. The van der Waals surface area contributed by atoms with Crippen molar-refractivity contribution in [3.8, 4) is 0 Å². The fraction of sp³-hybridized carbons (Fsp3) is 0.526. The molecule has 2 N–H and O–H groups in total. The molecule has 6 heteroatoms. The van der Waals surface area contributed by atoms with Gasteiger partial charge in [0.05, 0.1) is 5.92 Å². The van der Waals surface area contributed by atoms with Gasteiger partial charge >= 0.3 is 5.97 Å². The van der Waals surface area contributed by atoms with Crippen LogP contribution in [0.1, 0.15) is 36.0 Å². The van der Waals surface area contributed by atoms with E-state index in [0.29, 0.717) is 23.7 Å². The van der Waals surface area contributed by atoms with Gasteiger partial charge in [-0.15, -0.1) is 0 Å². The van der Waals surface area contributed by atoms with Gasteiger partial charge in [-0.3, -0.25) is 14.4 Å². The standard InChI is InChI=1S/C19H22N2O4/c22-17(12-3-4-12)20-14-7-5-13(6-8-14)18(23)21-9-15(11-1-2-11)16(10-21)19(24)25/h5-8,11-12,15-16H,1-4,9-10H2,(H,20,22)(H,24,25)/t15-,16+/m1/s1. The summed E-state index contributed by atoms with van der Waals surface area (Å²) in [6, 6.07) is 6.86. The Morgan fingerprint density at radius 3 is 2.24 bits per heavy atom. The maximum absolute atomic E-state index is 12.7. The van der Waals surface area contributed by atoms with Crippen molar-refractivity contribution < 1.29 is 19.5 Å². The van der Waals surface area contributed by atoms with Gasteiger partial charge in [0, 0.05) is 30.3 Å². The number of carbonyl (C=O) groups excluding carboxylic acids is 2. The van der Waals surface area contributed by atoms with E-state index in [-0.39, 0.29) is 30.2 Å². The molecule has 1 aromatic rings. The van der Waals surface area contributed by atoms with Crippen LogP contribution in [0.3, 0.4) is 0 Å². The average Bonchev–Trinajstić information content (AvgIpc) is 3.51. The van der Waals surface area contributed by atoms with Gasteiger partial charge < -0.3 is 15.3 Å². The Balaban J connectivity index is 1.41. The highest BCUT2D eigenvalue weighted by molar-refractivity contribution is 5.97. The van der Waals surface area contributed by atoms with E-state index < -0.39 is 11.9 Å². The number of carboxylic acid groups (broad SMARTS) is 1. The molecule has 2 aliphatic carbocycles. The van der Waals surface area contributed by atoms with E-state index in [0.717, 1.165) is 25.7 Å². The molecular formula is C19H22N2O4. The first-order valence-corrected chi connectivity index (χ1v) is 8.96. The highest BCUT2D eigenvalue weighted by Crippen LogP contribution is 2.44. The number of aliphatic carboxylic acids is 1. The van der Waals surface area contributed by atoms with Crippen LogP contribution in [0.4, 0.5) is 5.69 Å². The molecule has 3 fully saturated rings.